The van der Waals surface area contributed by atoms with Crippen molar-refractivity contribution in [2.45, 2.75) is 24.9 Å². The molecule has 7 nitrogen and oxygen atoms in total. The van der Waals surface area contributed by atoms with Crippen LogP contribution in [0.25, 0.3) is 0 Å². The van der Waals surface area contributed by atoms with Crippen LogP contribution in [0.4, 0.5) is 0 Å². The molecule has 0 aliphatic rings. The molecular weight excluding hydrogens is 443 g/mol. The summed E-state index contributed by atoms with van der Waals surface area (Å²) in [7, 11) is 0. The normalized spacial score (nSPS) is 12.1. The van der Waals surface area contributed by atoms with Crippen LogP contribution in [0.15, 0.2) is 84.9 Å². The Kier molecular flexibility index (Phi) is 11.8. The molecule has 8 heteroatoms. The van der Waals surface area contributed by atoms with Crippen LogP contribution in [0, 0.1) is 0 Å². The molecule has 0 saturated carbocycles. The Balaban J connectivity index is 0.00000306. The number of rotatable bonds is 11. The Hall–Kier alpha value is -2.68. The van der Waals surface area contributed by atoms with E-state index in [2.05, 4.69) is 10.6 Å². The Bertz CT molecular complexity index is 1020. The molecule has 0 aromatic heterocycles. The molecule has 34 heavy (non-hydrogen) atoms. The van der Waals surface area contributed by atoms with Crippen molar-refractivity contribution in [1.29, 1.82) is 0 Å². The molecule has 3 aromatic carbocycles. The monoisotopic (exact) mass is 472 g/mol. The van der Waals surface area contributed by atoms with Gasteiger partial charge in [-0.05, 0) is 41.8 Å². The van der Waals surface area contributed by atoms with Gasteiger partial charge in [-0.25, -0.2) is 0 Å². The van der Waals surface area contributed by atoms with Crippen molar-refractivity contribution in [3.8, 4) is 5.75 Å². The first kappa shape index (κ1) is 27.6. The van der Waals surface area contributed by atoms with Gasteiger partial charge in [0.1, 0.15) is 11.8 Å². The number of aliphatic hydroxyl groups is 2. The van der Waals surface area contributed by atoms with Gasteiger partial charge in [0, 0.05) is 12.0 Å². The van der Waals surface area contributed by atoms with Gasteiger partial charge in [-0.15, -0.1) is 0 Å². The van der Waals surface area contributed by atoms with Crippen LogP contribution in [-0.2, 0) is 17.6 Å². The molecule has 0 saturated heterocycles. The van der Waals surface area contributed by atoms with E-state index in [4.69, 9.17) is 9.84 Å². The van der Waals surface area contributed by atoms with E-state index >= 15 is 0 Å². The van der Waals surface area contributed by atoms with E-state index < -0.39 is 18.9 Å². The van der Waals surface area contributed by atoms with Gasteiger partial charge in [0.2, 0.25) is 5.91 Å². The summed E-state index contributed by atoms with van der Waals surface area (Å²) < 4.78 is 5.04. The number of nitrogens with one attached hydrogen (secondary N) is 2. The van der Waals surface area contributed by atoms with E-state index in [0.29, 0.717) is 17.7 Å². The summed E-state index contributed by atoms with van der Waals surface area (Å²) in [4.78, 5) is 25.9. The average molecular weight is 473 g/mol. The van der Waals surface area contributed by atoms with Crippen LogP contribution in [-0.4, -0.2) is 47.5 Å². The zero-order valence-corrected chi connectivity index (χ0v) is 21.2. The van der Waals surface area contributed by atoms with Gasteiger partial charge < -0.3 is 27.0 Å². The van der Waals surface area contributed by atoms with E-state index in [1.807, 2.05) is 36.4 Å². The quantitative estimate of drug-likeness (QED) is 0.216. The summed E-state index contributed by atoms with van der Waals surface area (Å²) in [6.07, 6.45) is 0.711. The molecule has 0 bridgehead atoms. The molecule has 2 atom stereocenters. The summed E-state index contributed by atoms with van der Waals surface area (Å²) in [5.74, 6) is -0.247. The fraction of sp³-hybridized carbons (Fsp3) is 0.231. The summed E-state index contributed by atoms with van der Waals surface area (Å²) in [5.41, 5.74) is 2.24. The van der Waals surface area contributed by atoms with E-state index in [9.17, 15) is 14.7 Å². The molecule has 0 spiro atoms. The second-order valence-corrected chi connectivity index (χ2v) is 7.59. The van der Waals surface area contributed by atoms with Crippen molar-refractivity contribution in [2.75, 3.05) is 13.4 Å². The molecule has 0 unspecified atom stereocenters. The van der Waals surface area contributed by atoms with Crippen LogP contribution in [0.5, 0.6) is 5.75 Å². The number of ether oxygens (including phenoxy) is 1. The van der Waals surface area contributed by atoms with Crippen molar-refractivity contribution < 1.29 is 55.5 Å². The van der Waals surface area contributed by atoms with Gasteiger partial charge in [-0.2, -0.15) is 0 Å². The summed E-state index contributed by atoms with van der Waals surface area (Å²) in [6, 6.07) is 23.8. The Morgan fingerprint density at radius 1 is 0.794 bits per heavy atom. The molecule has 3 rings (SSSR count). The first-order valence-electron chi connectivity index (χ1n) is 10.7. The molecular formula is C26H29N2NaO5. The molecule has 3 aromatic rings. The standard InChI is InChI=1S/C26H28N2O5.Na.H/c29-17-22(15-19-7-3-1-4-8-19)27-26(32)24(28-25(31)21-9-5-2-6-10-21)16-20-11-13-23(14-12-20)33-18-30;;/h1-14,22,24,29-30H,15-18H2,(H,27,32)(H,28,31);;/q;+1;-1/t22-,24-;;/m0../s1. The minimum Gasteiger partial charge on any atom is -1.00 e. The van der Waals surface area contributed by atoms with Crippen LogP contribution >= 0.6 is 0 Å². The first-order valence-corrected chi connectivity index (χ1v) is 10.7. The smallest absolute Gasteiger partial charge is 1.00 e. The molecule has 0 heterocycles. The van der Waals surface area contributed by atoms with E-state index in [1.54, 1.807) is 48.5 Å². The predicted molar refractivity (Wildman–Crippen MR) is 126 cm³/mol. The van der Waals surface area contributed by atoms with E-state index in [1.165, 1.54) is 0 Å². The molecule has 4 N–H and O–H groups in total. The van der Waals surface area contributed by atoms with Crippen molar-refractivity contribution in [1.82, 2.24) is 10.6 Å². The SMILES string of the molecule is O=C(N[C@@H](Cc1ccc(OCO)cc1)C(=O)N[C@H](CO)Cc1ccccc1)c1ccccc1.[H-].[Na+]. The molecule has 0 radical (unpaired) electrons. The minimum absolute atomic E-state index is 0. The molecule has 0 aliphatic heterocycles. The summed E-state index contributed by atoms with van der Waals surface area (Å²) in [5, 5.41) is 24.4. The van der Waals surface area contributed by atoms with Gasteiger partial charge in [0.05, 0.1) is 12.6 Å². The Morgan fingerprint density at radius 3 is 1.97 bits per heavy atom. The Morgan fingerprint density at radius 2 is 1.38 bits per heavy atom. The summed E-state index contributed by atoms with van der Waals surface area (Å²) in [6.45, 7) is -0.658. The number of carbonyl (C=O) groups excluding carboxylic acids is 2. The second kappa shape index (κ2) is 14.6. The number of hydrogen-bond donors (Lipinski definition) is 4. The average Bonchev–Trinajstić information content (AvgIpc) is 2.85. The summed E-state index contributed by atoms with van der Waals surface area (Å²) >= 11 is 0. The largest absolute Gasteiger partial charge is 1.00 e. The number of aliphatic hydroxyl groups excluding tert-OH is 2. The van der Waals surface area contributed by atoms with Crippen LogP contribution < -0.4 is 44.9 Å². The number of hydrogen-bond acceptors (Lipinski definition) is 5. The van der Waals surface area contributed by atoms with Gasteiger partial charge >= 0.3 is 29.6 Å². The Labute approximate surface area is 222 Å². The maximum atomic E-state index is 13.1. The van der Waals surface area contributed by atoms with Crippen molar-refractivity contribution in [3.63, 3.8) is 0 Å². The number of amides is 2. The maximum absolute atomic E-state index is 13.1. The molecule has 2 amide bonds. The maximum Gasteiger partial charge on any atom is 1.00 e. The third-order valence-electron chi connectivity index (χ3n) is 5.14. The predicted octanol–water partition coefficient (Wildman–Crippen LogP) is -0.807. The molecule has 0 aliphatic carbocycles. The van der Waals surface area contributed by atoms with Crippen molar-refractivity contribution >= 4 is 11.8 Å². The third-order valence-corrected chi connectivity index (χ3v) is 5.14. The zero-order chi connectivity index (χ0) is 23.5. The fourth-order valence-electron chi connectivity index (χ4n) is 3.43. The molecule has 0 fully saturated rings. The van der Waals surface area contributed by atoms with Crippen molar-refractivity contribution in [3.05, 3.63) is 102 Å². The third kappa shape index (κ3) is 8.59. The molecule has 174 valence electrons. The van der Waals surface area contributed by atoms with Gasteiger partial charge in [-0.1, -0.05) is 60.7 Å². The topological polar surface area (TPSA) is 108 Å². The van der Waals surface area contributed by atoms with Gasteiger partial charge in [0.15, 0.2) is 6.79 Å². The van der Waals surface area contributed by atoms with E-state index in [-0.39, 0.29) is 55.8 Å². The number of benzene rings is 3. The van der Waals surface area contributed by atoms with Crippen LogP contribution in [0.3, 0.4) is 0 Å². The van der Waals surface area contributed by atoms with Crippen LogP contribution in [0.2, 0.25) is 0 Å². The number of carbonyl (C=O) groups is 2. The zero-order valence-electron chi connectivity index (χ0n) is 20.2. The van der Waals surface area contributed by atoms with E-state index in [0.717, 1.165) is 11.1 Å². The van der Waals surface area contributed by atoms with Gasteiger partial charge in [-0.3, -0.25) is 9.59 Å². The van der Waals surface area contributed by atoms with Gasteiger partial charge in [0.25, 0.3) is 5.91 Å². The fourth-order valence-corrected chi connectivity index (χ4v) is 3.43. The van der Waals surface area contributed by atoms with Crippen LogP contribution in [0.1, 0.15) is 22.9 Å². The second-order valence-electron chi connectivity index (χ2n) is 7.59. The first-order chi connectivity index (χ1) is 16.1. The minimum atomic E-state index is -0.855. The van der Waals surface area contributed by atoms with Crippen molar-refractivity contribution in [2.24, 2.45) is 0 Å².